The van der Waals surface area contributed by atoms with Crippen molar-refractivity contribution in [3.8, 4) is 5.88 Å². The molecule has 3 rings (SSSR count). The fourth-order valence-electron chi connectivity index (χ4n) is 2.73. The van der Waals surface area contributed by atoms with Crippen molar-refractivity contribution in [3.63, 3.8) is 0 Å². The number of nitrogens with zero attached hydrogens (tertiary/aromatic N) is 2. The van der Waals surface area contributed by atoms with E-state index < -0.39 is 36.0 Å². The summed E-state index contributed by atoms with van der Waals surface area (Å²) in [5.74, 6) is -5.01. The summed E-state index contributed by atoms with van der Waals surface area (Å²) in [7, 11) is 1.36. The third kappa shape index (κ3) is 6.90. The zero-order valence-corrected chi connectivity index (χ0v) is 19.9. The highest BCUT2D eigenvalue weighted by molar-refractivity contribution is 6.31. The van der Waals surface area contributed by atoms with Gasteiger partial charge in [-0.2, -0.15) is 0 Å². The average Bonchev–Trinajstić information content (AvgIpc) is 2.87. The van der Waals surface area contributed by atoms with Gasteiger partial charge in [-0.15, -0.1) is 10.2 Å². The molecule has 2 aromatic carbocycles. The van der Waals surface area contributed by atoms with Crippen LogP contribution < -0.4 is 10.1 Å². The van der Waals surface area contributed by atoms with E-state index in [-0.39, 0.29) is 22.8 Å². The van der Waals surface area contributed by atoms with Crippen molar-refractivity contribution in [1.82, 2.24) is 10.2 Å². The van der Waals surface area contributed by atoms with E-state index in [2.05, 4.69) is 15.5 Å². The highest BCUT2D eigenvalue weighted by Gasteiger charge is 2.41. The number of halogens is 2. The van der Waals surface area contributed by atoms with Crippen LogP contribution in [0.2, 0.25) is 10.0 Å². The van der Waals surface area contributed by atoms with Gasteiger partial charge < -0.3 is 24.6 Å². The number of anilines is 1. The monoisotopic (exact) mass is 533 g/mol. The molecule has 0 saturated carbocycles. The van der Waals surface area contributed by atoms with Gasteiger partial charge in [-0.05, 0) is 54.6 Å². The predicted octanol–water partition coefficient (Wildman–Crippen LogP) is 3.27. The largest absolute Gasteiger partial charge is 0.480 e. The second-order valence-corrected chi connectivity index (χ2v) is 7.83. The van der Waals surface area contributed by atoms with Gasteiger partial charge in [0, 0.05) is 16.1 Å². The second-order valence-electron chi connectivity index (χ2n) is 6.95. The Bertz CT molecular complexity index is 1250. The molecule has 1 amide bonds. The SMILES string of the molecule is COc1ccc(NC(=O)[C@@H](OC(=O)c2ccc(Cl)cc2)[C@H](OC(=O)c2ccc(Cl)cc2)C(=O)O)nn1. The molecule has 0 radical (unpaired) electrons. The lowest BCUT2D eigenvalue weighted by Crippen LogP contribution is -2.48. The molecule has 0 spiro atoms. The number of hydrogen-bond donors (Lipinski definition) is 2. The van der Waals surface area contributed by atoms with E-state index in [1.54, 1.807) is 0 Å². The number of carbonyl (C=O) groups excluding carboxylic acids is 3. The first-order valence-corrected chi connectivity index (χ1v) is 10.8. The van der Waals surface area contributed by atoms with Crippen LogP contribution in [0.5, 0.6) is 5.88 Å². The molecule has 1 aromatic heterocycles. The quantitative estimate of drug-likeness (QED) is 0.391. The van der Waals surface area contributed by atoms with Crippen LogP contribution in [0.4, 0.5) is 5.82 Å². The maximum Gasteiger partial charge on any atom is 0.349 e. The lowest BCUT2D eigenvalue weighted by atomic mass is 10.1. The van der Waals surface area contributed by atoms with E-state index in [4.69, 9.17) is 37.4 Å². The molecule has 0 fully saturated rings. The number of aliphatic carboxylic acids is 1. The zero-order chi connectivity index (χ0) is 26.2. The van der Waals surface area contributed by atoms with Crippen molar-refractivity contribution in [2.75, 3.05) is 12.4 Å². The fourth-order valence-corrected chi connectivity index (χ4v) is 2.98. The summed E-state index contributed by atoms with van der Waals surface area (Å²) in [6, 6.07) is 13.5. The average molecular weight is 534 g/mol. The molecule has 11 nitrogen and oxygen atoms in total. The molecule has 0 unspecified atom stereocenters. The summed E-state index contributed by atoms with van der Waals surface area (Å²) in [5.41, 5.74) is -0.0792. The topological polar surface area (TPSA) is 154 Å². The smallest absolute Gasteiger partial charge is 0.349 e. The number of methoxy groups -OCH3 is 1. The van der Waals surface area contributed by atoms with Gasteiger partial charge in [0.2, 0.25) is 18.1 Å². The third-order valence-corrected chi connectivity index (χ3v) is 5.01. The lowest BCUT2D eigenvalue weighted by Gasteiger charge is -2.23. The number of aromatic nitrogens is 2. The van der Waals surface area contributed by atoms with Gasteiger partial charge in [0.1, 0.15) is 0 Å². The van der Waals surface area contributed by atoms with E-state index in [0.29, 0.717) is 10.0 Å². The Morgan fingerprint density at radius 1 is 0.778 bits per heavy atom. The summed E-state index contributed by atoms with van der Waals surface area (Å²) in [4.78, 5) is 50.3. The molecule has 36 heavy (non-hydrogen) atoms. The molecule has 0 aliphatic rings. The predicted molar refractivity (Wildman–Crippen MR) is 126 cm³/mol. The van der Waals surface area contributed by atoms with E-state index in [1.807, 2.05) is 0 Å². The van der Waals surface area contributed by atoms with E-state index >= 15 is 0 Å². The van der Waals surface area contributed by atoms with Crippen LogP contribution in [-0.2, 0) is 19.1 Å². The number of carboxylic acids is 1. The fraction of sp³-hybridized carbons (Fsp3) is 0.130. The molecule has 13 heteroatoms. The van der Waals surface area contributed by atoms with E-state index in [9.17, 15) is 24.3 Å². The minimum Gasteiger partial charge on any atom is -0.480 e. The minimum absolute atomic E-state index is 0.0328. The first-order valence-electron chi connectivity index (χ1n) is 10.0. The maximum absolute atomic E-state index is 13.0. The Labute approximate surface area is 213 Å². The number of carboxylic acid groups (broad SMARTS) is 1. The number of rotatable bonds is 9. The van der Waals surface area contributed by atoms with Crippen LogP contribution in [0.25, 0.3) is 0 Å². The van der Waals surface area contributed by atoms with Gasteiger partial charge in [-0.25, -0.2) is 14.4 Å². The number of ether oxygens (including phenoxy) is 3. The van der Waals surface area contributed by atoms with Crippen LogP contribution in [0.3, 0.4) is 0 Å². The van der Waals surface area contributed by atoms with E-state index in [0.717, 1.165) is 0 Å². The second kappa shape index (κ2) is 12.0. The molecule has 2 atom stereocenters. The Morgan fingerprint density at radius 2 is 1.28 bits per heavy atom. The summed E-state index contributed by atoms with van der Waals surface area (Å²) in [6.45, 7) is 0. The maximum atomic E-state index is 13.0. The molecular weight excluding hydrogens is 517 g/mol. The van der Waals surface area contributed by atoms with Crippen molar-refractivity contribution in [1.29, 1.82) is 0 Å². The molecule has 3 aromatic rings. The number of hydrogen-bond acceptors (Lipinski definition) is 9. The standard InChI is InChI=1S/C23H17Cl2N3O8/c1-34-17-11-10-16(27-28-17)26-20(29)18(35-22(32)12-2-6-14(24)7-3-12)19(21(30)31)36-23(33)13-4-8-15(25)9-5-13/h2-11,18-19H,1H3,(H,30,31)(H,26,27,29)/t18-,19-/m0/s1. The van der Waals surface area contributed by atoms with Crippen LogP contribution >= 0.6 is 23.2 Å². The number of benzene rings is 2. The van der Waals surface area contributed by atoms with Crippen LogP contribution in [0.1, 0.15) is 20.7 Å². The van der Waals surface area contributed by atoms with Crippen LogP contribution in [0.15, 0.2) is 60.7 Å². The van der Waals surface area contributed by atoms with Gasteiger partial charge in [-0.1, -0.05) is 23.2 Å². The molecule has 0 aliphatic carbocycles. The Hall–Kier alpha value is -4.22. The first kappa shape index (κ1) is 26.4. The number of esters is 2. The Morgan fingerprint density at radius 3 is 1.69 bits per heavy atom. The molecule has 186 valence electrons. The Kier molecular flexibility index (Phi) is 8.76. The molecule has 0 saturated heterocycles. The Balaban J connectivity index is 1.89. The first-order chi connectivity index (χ1) is 17.2. The van der Waals surface area contributed by atoms with Crippen molar-refractivity contribution in [2.24, 2.45) is 0 Å². The summed E-state index contributed by atoms with van der Waals surface area (Å²) in [6.07, 6.45) is -4.35. The molecule has 2 N–H and O–H groups in total. The van der Waals surface area contributed by atoms with Gasteiger partial charge in [0.05, 0.1) is 18.2 Å². The van der Waals surface area contributed by atoms with Crippen molar-refractivity contribution < 1.29 is 38.5 Å². The number of nitrogens with one attached hydrogen (secondary N) is 1. The van der Waals surface area contributed by atoms with Gasteiger partial charge in [0.15, 0.2) is 5.82 Å². The highest BCUT2D eigenvalue weighted by Crippen LogP contribution is 2.18. The van der Waals surface area contributed by atoms with Gasteiger partial charge in [-0.3, -0.25) is 4.79 Å². The van der Waals surface area contributed by atoms with Crippen LogP contribution in [-0.4, -0.2) is 58.4 Å². The third-order valence-electron chi connectivity index (χ3n) is 4.51. The van der Waals surface area contributed by atoms with Crippen molar-refractivity contribution in [2.45, 2.75) is 12.2 Å². The normalized spacial score (nSPS) is 12.1. The molecular formula is C23H17Cl2N3O8. The van der Waals surface area contributed by atoms with Crippen molar-refractivity contribution >= 4 is 52.8 Å². The summed E-state index contributed by atoms with van der Waals surface area (Å²) >= 11 is 11.6. The molecule has 0 aliphatic heterocycles. The summed E-state index contributed by atoms with van der Waals surface area (Å²) in [5, 5.41) is 20.1. The van der Waals surface area contributed by atoms with Gasteiger partial charge in [0.25, 0.3) is 5.91 Å². The molecule has 1 heterocycles. The zero-order valence-electron chi connectivity index (χ0n) is 18.4. The minimum atomic E-state index is -2.23. The lowest BCUT2D eigenvalue weighted by molar-refractivity contribution is -0.157. The van der Waals surface area contributed by atoms with Crippen LogP contribution in [0, 0.1) is 0 Å². The molecule has 0 bridgehead atoms. The number of carbonyl (C=O) groups is 4. The highest BCUT2D eigenvalue weighted by atomic mass is 35.5. The van der Waals surface area contributed by atoms with Crippen molar-refractivity contribution in [3.05, 3.63) is 81.8 Å². The van der Waals surface area contributed by atoms with Gasteiger partial charge >= 0.3 is 17.9 Å². The summed E-state index contributed by atoms with van der Waals surface area (Å²) < 4.78 is 15.1. The van der Waals surface area contributed by atoms with E-state index in [1.165, 1.54) is 67.8 Å². The number of amides is 1.